The Morgan fingerprint density at radius 1 is 0.226 bits per heavy atom. The molecule has 0 fully saturated rings. The highest BCUT2D eigenvalue weighted by Gasteiger charge is 2.30. The van der Waals surface area contributed by atoms with Gasteiger partial charge in [-0.05, 0) is 157 Å². The third kappa shape index (κ3) is 9.95. The highest BCUT2D eigenvalue weighted by molar-refractivity contribution is 6.31. The van der Waals surface area contributed by atoms with E-state index in [0.717, 1.165) is 145 Å². The lowest BCUT2D eigenvalue weighted by molar-refractivity contribution is 0.988. The predicted molar refractivity (Wildman–Crippen MR) is 369 cm³/mol. The van der Waals surface area contributed by atoms with Gasteiger partial charge in [0, 0.05) is 61.6 Å². The van der Waals surface area contributed by atoms with Crippen molar-refractivity contribution in [2.75, 3.05) is 14.7 Å². The van der Waals surface area contributed by atoms with E-state index < -0.39 is 0 Å². The molecule has 0 spiro atoms. The van der Waals surface area contributed by atoms with E-state index in [1.807, 2.05) is 48.6 Å². The Bertz CT molecular complexity index is 3670. The van der Waals surface area contributed by atoms with Crippen molar-refractivity contribution in [3.8, 4) is 0 Å². The van der Waals surface area contributed by atoms with Crippen LogP contribution in [0.3, 0.4) is 0 Å². The predicted octanol–water partition coefficient (Wildman–Crippen LogP) is 23.3. The molecule has 0 amide bonds. The summed E-state index contributed by atoms with van der Waals surface area (Å²) in [5.41, 5.74) is 20.8. The second-order valence-electron chi connectivity index (χ2n) is 20.9. The highest BCUT2D eigenvalue weighted by Crippen LogP contribution is 2.54. The summed E-state index contributed by atoms with van der Waals surface area (Å²) in [5.74, 6) is -0.218. The van der Waals surface area contributed by atoms with Gasteiger partial charge in [-0.15, -0.1) is 0 Å². The van der Waals surface area contributed by atoms with Crippen LogP contribution in [0.4, 0.5) is 51.2 Å². The van der Waals surface area contributed by atoms with Crippen molar-refractivity contribution >= 4 is 132 Å². The Labute approximate surface area is 494 Å². The molecule has 0 saturated carbocycles. The summed E-state index contributed by atoms with van der Waals surface area (Å²) in [6.45, 7) is 33.0. The smallest absolute Gasteiger partial charge is 0.0561 e. The van der Waals surface area contributed by atoms with Crippen molar-refractivity contribution in [1.82, 2.24) is 0 Å². The Kier molecular flexibility index (Phi) is 14.8. The van der Waals surface area contributed by atoms with E-state index in [4.69, 9.17) is 0 Å². The molecular formula is C81H63N3. The number of anilines is 9. The fourth-order valence-corrected chi connectivity index (χ4v) is 11.8. The first-order chi connectivity index (χ1) is 41.3. The van der Waals surface area contributed by atoms with Crippen LogP contribution in [-0.4, -0.2) is 0 Å². The van der Waals surface area contributed by atoms with Gasteiger partial charge >= 0.3 is 0 Å². The number of hydrogen-bond donors (Lipinski definition) is 0. The van der Waals surface area contributed by atoms with E-state index in [0.29, 0.717) is 0 Å². The average Bonchev–Trinajstić information content (AvgIpc) is 1.38. The molecule has 0 saturated heterocycles. The molecule has 3 nitrogen and oxygen atoms in total. The van der Waals surface area contributed by atoms with Gasteiger partial charge < -0.3 is 14.7 Å². The molecule has 402 valence electrons. The topological polar surface area (TPSA) is 9.72 Å². The van der Waals surface area contributed by atoms with Gasteiger partial charge in [-0.25, -0.2) is 0 Å². The molecule has 0 atom stereocenters. The molecule has 12 aromatic carbocycles. The van der Waals surface area contributed by atoms with Crippen molar-refractivity contribution < 1.29 is 0 Å². The van der Waals surface area contributed by atoms with Crippen LogP contribution in [0.2, 0.25) is 0 Å². The maximum atomic E-state index is 4.14. The molecule has 0 radical (unpaired) electrons. The molecular weight excluding hydrogens is 1010 g/mol. The van der Waals surface area contributed by atoms with Gasteiger partial charge in [-0.1, -0.05) is 247 Å². The molecule has 0 aromatic heterocycles. The number of rotatable bonds is 20. The molecule has 0 unspecified atom stereocenters. The van der Waals surface area contributed by atoms with Crippen LogP contribution < -0.4 is 14.7 Å². The second kappa shape index (κ2) is 23.2. The zero-order valence-corrected chi connectivity index (χ0v) is 47.1. The summed E-state index contributed by atoms with van der Waals surface area (Å²) in [5, 5.41) is 6.65. The van der Waals surface area contributed by atoms with E-state index in [2.05, 4.69) is 298 Å². The first kappa shape index (κ1) is 53.6. The van der Waals surface area contributed by atoms with Crippen LogP contribution in [0, 0.1) is 0 Å². The van der Waals surface area contributed by atoms with Crippen LogP contribution in [0.25, 0.3) is 80.9 Å². The summed E-state index contributed by atoms with van der Waals surface area (Å²) in [7, 11) is 0. The van der Waals surface area contributed by atoms with Crippen LogP contribution >= 0.6 is 0 Å². The van der Waals surface area contributed by atoms with E-state index in [-0.39, 0.29) is 5.92 Å². The Morgan fingerprint density at radius 3 is 0.667 bits per heavy atom. The van der Waals surface area contributed by atoms with Crippen LogP contribution in [0.5, 0.6) is 0 Å². The number of hydrogen-bond acceptors (Lipinski definition) is 3. The van der Waals surface area contributed by atoms with Crippen molar-refractivity contribution in [1.29, 1.82) is 0 Å². The van der Waals surface area contributed by atoms with Crippen LogP contribution in [-0.2, 0) is 0 Å². The summed E-state index contributed by atoms with van der Waals surface area (Å²) < 4.78 is 0. The fourth-order valence-electron chi connectivity index (χ4n) is 11.8. The van der Waals surface area contributed by atoms with E-state index in [1.165, 1.54) is 0 Å². The standard InChI is InChI=1S/C81H63N3/c1-9-55-17-33-63(34-18-55)79(64-35-19-56(10-2)20-36-64)75-53-76(82(65-37-21-57(11-3)22-38-65)66-39-23-58(12-4)24-40-66)72-51-52-74-78(84(69-45-29-61(15-7)30-46-69)70-47-31-62(16-8)32-48-70)54-77(73-50-49-71(75)80(72)81(73)74)83(67-41-25-59(13-5)26-42-67)68-43-27-60(14-6)28-44-68/h9-54,79H,1-8H2. The summed E-state index contributed by atoms with van der Waals surface area (Å²) in [4.78, 5) is 7.21. The molecule has 12 aromatic rings. The number of nitrogens with zero attached hydrogens (tertiary/aromatic N) is 3. The second-order valence-corrected chi connectivity index (χ2v) is 20.9. The van der Waals surface area contributed by atoms with Crippen LogP contribution in [0.15, 0.2) is 283 Å². The molecule has 0 N–H and O–H groups in total. The molecule has 0 heterocycles. The normalized spacial score (nSPS) is 11.1. The van der Waals surface area contributed by atoms with Gasteiger partial charge in [0.2, 0.25) is 0 Å². The van der Waals surface area contributed by atoms with Gasteiger partial charge in [0.25, 0.3) is 0 Å². The minimum atomic E-state index is -0.218. The maximum absolute atomic E-state index is 4.14. The SMILES string of the molecule is C=Cc1ccc(C(c2ccc(C=C)cc2)c2cc(N(c3ccc(C=C)cc3)c3ccc(C=C)cc3)c3ccc4c(N(c5ccc(C=C)cc5)c5ccc(C=C)cc5)cc(N(c5ccc(C=C)cc5)c5ccc(C=C)cc5)c5ccc2c3c54)cc1. The molecule has 0 bridgehead atoms. The molecule has 84 heavy (non-hydrogen) atoms. The van der Waals surface area contributed by atoms with Gasteiger partial charge in [-0.3, -0.25) is 0 Å². The molecule has 0 aliphatic rings. The Hall–Kier alpha value is -11.0. The van der Waals surface area contributed by atoms with Crippen molar-refractivity contribution in [3.05, 3.63) is 344 Å². The first-order valence-electron chi connectivity index (χ1n) is 28.3. The van der Waals surface area contributed by atoms with E-state index in [1.54, 1.807) is 0 Å². The lowest BCUT2D eigenvalue weighted by Crippen LogP contribution is -2.15. The monoisotopic (exact) mass is 1080 g/mol. The Balaban J connectivity index is 1.29. The zero-order valence-electron chi connectivity index (χ0n) is 47.1. The molecule has 3 heteroatoms. The van der Waals surface area contributed by atoms with Gasteiger partial charge in [0.1, 0.15) is 0 Å². The van der Waals surface area contributed by atoms with Gasteiger partial charge in [0.15, 0.2) is 0 Å². The third-order valence-corrected chi connectivity index (χ3v) is 16.2. The number of benzene rings is 12. The zero-order chi connectivity index (χ0) is 57.8. The maximum Gasteiger partial charge on any atom is 0.0561 e. The minimum Gasteiger partial charge on any atom is -0.310 e. The van der Waals surface area contributed by atoms with Gasteiger partial charge in [0.05, 0.1) is 17.1 Å². The van der Waals surface area contributed by atoms with Crippen LogP contribution in [0.1, 0.15) is 67.1 Å². The molecule has 12 rings (SSSR count). The largest absolute Gasteiger partial charge is 0.310 e. The highest BCUT2D eigenvalue weighted by atomic mass is 15.2. The molecule has 0 aliphatic heterocycles. The quantitative estimate of drug-likeness (QED) is 0.0556. The average molecular weight is 1080 g/mol. The summed E-state index contributed by atoms with van der Waals surface area (Å²) in [6.07, 6.45) is 15.2. The van der Waals surface area contributed by atoms with Crippen molar-refractivity contribution in [2.24, 2.45) is 0 Å². The van der Waals surface area contributed by atoms with Crippen molar-refractivity contribution in [3.63, 3.8) is 0 Å². The Morgan fingerprint density at radius 2 is 0.429 bits per heavy atom. The third-order valence-electron chi connectivity index (χ3n) is 16.2. The lowest BCUT2D eigenvalue weighted by atomic mass is 9.79. The van der Waals surface area contributed by atoms with Crippen molar-refractivity contribution in [2.45, 2.75) is 5.92 Å². The lowest BCUT2D eigenvalue weighted by Gasteiger charge is -2.34. The summed E-state index contributed by atoms with van der Waals surface area (Å²) in [6, 6.07) is 84.0. The molecule has 0 aliphatic carbocycles. The first-order valence-corrected chi connectivity index (χ1v) is 28.3. The fraction of sp³-hybridized carbons (Fsp3) is 0.0123. The summed E-state index contributed by atoms with van der Waals surface area (Å²) >= 11 is 0. The minimum absolute atomic E-state index is 0.218. The van der Waals surface area contributed by atoms with E-state index in [9.17, 15) is 0 Å². The van der Waals surface area contributed by atoms with Gasteiger partial charge in [-0.2, -0.15) is 0 Å². The van der Waals surface area contributed by atoms with E-state index >= 15 is 0 Å².